The van der Waals surface area contributed by atoms with Crippen LogP contribution in [0, 0.1) is 0 Å². The van der Waals surface area contributed by atoms with Gasteiger partial charge in [-0.05, 0) is 89.9 Å². The third-order valence-corrected chi connectivity index (χ3v) is 10.4. The number of hydrogen-bond acceptors (Lipinski definition) is 2. The summed E-state index contributed by atoms with van der Waals surface area (Å²) in [5.41, 5.74) is 4.12. The van der Waals surface area contributed by atoms with Gasteiger partial charge in [-0.25, -0.2) is 0 Å². The van der Waals surface area contributed by atoms with Gasteiger partial charge in [0.25, 0.3) is 0 Å². The Morgan fingerprint density at radius 2 is 1.13 bits per heavy atom. The van der Waals surface area contributed by atoms with Crippen LogP contribution in [-0.2, 0) is 4.79 Å². The molecule has 0 radical (unpaired) electrons. The lowest BCUT2D eigenvalue weighted by molar-refractivity contribution is -0.302. The van der Waals surface area contributed by atoms with E-state index in [4.69, 9.17) is 9.90 Å². The van der Waals surface area contributed by atoms with Gasteiger partial charge in [-0.3, -0.25) is 0 Å². The van der Waals surface area contributed by atoms with E-state index in [1.165, 1.54) is 32.6 Å². The second kappa shape index (κ2) is 16.4. The average Bonchev–Trinajstić information content (AvgIpc) is 2.90. The maximum Gasteiger partial charge on any atom is 0.115 e. The Bertz CT molecular complexity index is 1130. The number of hydrogen-bond donors (Lipinski definition) is 0. The van der Waals surface area contributed by atoms with E-state index < -0.39 is 13.2 Å². The molecule has 0 bridgehead atoms. The number of carboxylic acids is 1. The zero-order chi connectivity index (χ0) is 27.8. The van der Waals surface area contributed by atoms with E-state index in [9.17, 15) is 0 Å². The second-order valence-corrected chi connectivity index (χ2v) is 13.2. The fourth-order valence-electron chi connectivity index (χ4n) is 4.20. The molecule has 198 valence electrons. The number of carboxylic acid groups (broad SMARTS) is 1. The van der Waals surface area contributed by atoms with Gasteiger partial charge in [0, 0.05) is 5.97 Å². The Hall–Kier alpha value is -3.48. The smallest absolute Gasteiger partial charge is 0.115 e. The van der Waals surface area contributed by atoms with Gasteiger partial charge in [0.1, 0.15) is 23.2 Å². The van der Waals surface area contributed by atoms with Crippen molar-refractivity contribution >= 4 is 29.1 Å². The molecule has 0 spiro atoms. The van der Waals surface area contributed by atoms with Crippen LogP contribution in [0.3, 0.4) is 0 Å². The summed E-state index contributed by atoms with van der Waals surface area (Å²) in [6.45, 7) is 9.74. The minimum atomic E-state index is -1.81. The number of allylic oxidation sites excluding steroid dienone is 8. The van der Waals surface area contributed by atoms with Gasteiger partial charge in [0.2, 0.25) is 0 Å². The first-order chi connectivity index (χ1) is 18.3. The highest BCUT2D eigenvalue weighted by Crippen LogP contribution is 2.55. The van der Waals surface area contributed by atoms with Crippen LogP contribution in [0.4, 0.5) is 0 Å². The van der Waals surface area contributed by atoms with Gasteiger partial charge < -0.3 is 9.90 Å². The highest BCUT2D eigenvalue weighted by molar-refractivity contribution is 7.95. The maximum atomic E-state index is 8.89. The fraction of sp³-hybridized carbons (Fsp3) is 0.229. The molecule has 38 heavy (non-hydrogen) atoms. The molecular formula is C35H41O2P. The largest absolute Gasteiger partial charge is 0.550 e. The van der Waals surface area contributed by atoms with E-state index in [0.717, 1.165) is 25.9 Å². The molecule has 0 unspecified atom stereocenters. The van der Waals surface area contributed by atoms with E-state index in [1.807, 2.05) is 0 Å². The number of rotatable bonds is 10. The van der Waals surface area contributed by atoms with E-state index >= 15 is 0 Å². The van der Waals surface area contributed by atoms with Crippen molar-refractivity contribution < 1.29 is 9.90 Å². The summed E-state index contributed by atoms with van der Waals surface area (Å²) >= 11 is 0. The van der Waals surface area contributed by atoms with Crippen LogP contribution < -0.4 is 21.0 Å². The lowest BCUT2D eigenvalue weighted by Crippen LogP contribution is -2.33. The molecule has 3 aromatic rings. The Labute approximate surface area is 230 Å². The van der Waals surface area contributed by atoms with Crippen LogP contribution in [0.25, 0.3) is 0 Å². The summed E-state index contributed by atoms with van der Waals surface area (Å²) in [6.07, 6.45) is 14.7. The standard InChI is InChI=1S/C33H38P.C2H4O2/c1-28(2)16-14-17-29(3)18-15-19-30(4)26-27-34(31-20-8-5-9-21-31,32-22-10-6-11-23-32)33-24-12-7-13-25-33;1-2(3)4/h5-13,15-16,18-26H,14,17,27H2,1-4H3;1H3,(H,3,4)/q+1;/p-1/b19-15+,29-18+,30-26+;. The minimum absolute atomic E-state index is 0.972. The molecule has 0 aromatic heterocycles. The van der Waals surface area contributed by atoms with Gasteiger partial charge in [0.05, 0.1) is 6.16 Å². The number of carbonyl (C=O) groups excluding carboxylic acids is 1. The third kappa shape index (κ3) is 10.1. The number of aliphatic carboxylic acids is 1. The Morgan fingerprint density at radius 1 is 0.711 bits per heavy atom. The zero-order valence-corrected chi connectivity index (χ0v) is 24.3. The van der Waals surface area contributed by atoms with E-state index in [0.29, 0.717) is 0 Å². The zero-order valence-electron chi connectivity index (χ0n) is 23.4. The maximum absolute atomic E-state index is 8.89. The van der Waals surface area contributed by atoms with E-state index in [2.05, 4.69) is 149 Å². The summed E-state index contributed by atoms with van der Waals surface area (Å²) in [4.78, 5) is 8.89. The molecule has 3 rings (SSSR count). The third-order valence-electron chi connectivity index (χ3n) is 6.11. The molecule has 0 amide bonds. The average molecular weight is 525 g/mol. The summed E-state index contributed by atoms with van der Waals surface area (Å²) in [6, 6.07) is 33.3. The van der Waals surface area contributed by atoms with Crippen LogP contribution in [0.15, 0.2) is 138 Å². The lowest BCUT2D eigenvalue weighted by Gasteiger charge is -2.26. The molecule has 0 N–H and O–H groups in total. The van der Waals surface area contributed by atoms with Gasteiger partial charge in [-0.2, -0.15) is 0 Å². The Morgan fingerprint density at radius 3 is 1.53 bits per heavy atom. The quantitative estimate of drug-likeness (QED) is 0.164. The van der Waals surface area contributed by atoms with Crippen LogP contribution in [0.5, 0.6) is 0 Å². The Balaban J connectivity index is 0.00000118. The molecule has 0 saturated heterocycles. The molecule has 0 aliphatic carbocycles. The molecule has 0 aliphatic heterocycles. The Kier molecular flexibility index (Phi) is 13.3. The van der Waals surface area contributed by atoms with Gasteiger partial charge >= 0.3 is 0 Å². The minimum Gasteiger partial charge on any atom is -0.550 e. The summed E-state index contributed by atoms with van der Waals surface area (Å²) < 4.78 is 0. The highest BCUT2D eigenvalue weighted by atomic mass is 31.2. The molecular weight excluding hydrogens is 483 g/mol. The van der Waals surface area contributed by atoms with Crippen LogP contribution >= 0.6 is 7.26 Å². The lowest BCUT2D eigenvalue weighted by atomic mass is 10.1. The molecule has 0 saturated carbocycles. The predicted octanol–water partition coefficient (Wildman–Crippen LogP) is 6.93. The highest BCUT2D eigenvalue weighted by Gasteiger charge is 2.44. The van der Waals surface area contributed by atoms with Crippen molar-refractivity contribution in [3.8, 4) is 0 Å². The summed E-state index contributed by atoms with van der Waals surface area (Å²) in [7, 11) is -1.81. The summed E-state index contributed by atoms with van der Waals surface area (Å²) in [5, 5.41) is 13.2. The van der Waals surface area contributed by atoms with Crippen molar-refractivity contribution in [2.24, 2.45) is 0 Å². The van der Waals surface area contributed by atoms with Crippen LogP contribution in [0.1, 0.15) is 47.5 Å². The monoisotopic (exact) mass is 524 g/mol. The van der Waals surface area contributed by atoms with Gasteiger partial charge in [0.15, 0.2) is 0 Å². The second-order valence-electron chi connectivity index (χ2n) is 9.63. The normalized spacial score (nSPS) is 12.0. The van der Waals surface area contributed by atoms with Crippen molar-refractivity contribution in [3.05, 3.63) is 138 Å². The fourth-order valence-corrected chi connectivity index (χ4v) is 8.33. The van der Waals surface area contributed by atoms with Gasteiger partial charge in [-0.1, -0.05) is 95.6 Å². The van der Waals surface area contributed by atoms with Gasteiger partial charge in [-0.15, -0.1) is 0 Å². The SMILES string of the molecule is CC(=O)[O-].CC(C)=CCC/C(C)=C/C=C/C(C)=C/C[P+](c1ccccc1)(c1ccccc1)c1ccccc1. The first kappa shape index (κ1) is 30.7. The van der Waals surface area contributed by atoms with Crippen molar-refractivity contribution in [1.82, 2.24) is 0 Å². The number of benzene rings is 3. The molecule has 0 heterocycles. The van der Waals surface area contributed by atoms with E-state index in [1.54, 1.807) is 0 Å². The molecule has 0 aliphatic rings. The van der Waals surface area contributed by atoms with Crippen molar-refractivity contribution in [2.75, 3.05) is 6.16 Å². The van der Waals surface area contributed by atoms with Crippen LogP contribution in [0.2, 0.25) is 0 Å². The number of carbonyl (C=O) groups is 1. The first-order valence-electron chi connectivity index (χ1n) is 13.1. The van der Waals surface area contributed by atoms with Crippen molar-refractivity contribution in [2.45, 2.75) is 47.5 Å². The van der Waals surface area contributed by atoms with Crippen LogP contribution in [-0.4, -0.2) is 12.1 Å². The van der Waals surface area contributed by atoms with Crippen molar-refractivity contribution in [3.63, 3.8) is 0 Å². The summed E-state index contributed by atoms with van der Waals surface area (Å²) in [5.74, 6) is -1.08. The molecule has 3 aromatic carbocycles. The topological polar surface area (TPSA) is 40.1 Å². The van der Waals surface area contributed by atoms with E-state index in [-0.39, 0.29) is 0 Å². The molecule has 0 fully saturated rings. The van der Waals surface area contributed by atoms with Crippen molar-refractivity contribution in [1.29, 1.82) is 0 Å². The molecule has 3 heteroatoms. The molecule has 0 atom stereocenters. The first-order valence-corrected chi connectivity index (χ1v) is 15.1. The predicted molar refractivity (Wildman–Crippen MR) is 166 cm³/mol. The molecule has 2 nitrogen and oxygen atoms in total.